The van der Waals surface area contributed by atoms with E-state index in [0.717, 1.165) is 48.1 Å². The van der Waals surface area contributed by atoms with Crippen molar-refractivity contribution < 1.29 is 22.6 Å². The van der Waals surface area contributed by atoms with Gasteiger partial charge in [-0.05, 0) is 69.9 Å². The van der Waals surface area contributed by atoms with Gasteiger partial charge in [0, 0.05) is 22.7 Å². The number of aromatic nitrogens is 2. The molecule has 34 heavy (non-hydrogen) atoms. The lowest BCUT2D eigenvalue weighted by Gasteiger charge is -2.40. The lowest BCUT2D eigenvalue weighted by molar-refractivity contribution is -0.137. The highest BCUT2D eigenvalue weighted by Crippen LogP contribution is 2.45. The van der Waals surface area contributed by atoms with Crippen LogP contribution in [0.3, 0.4) is 0 Å². The zero-order valence-corrected chi connectivity index (χ0v) is 19.3. The molecule has 0 amide bonds. The molecule has 0 saturated heterocycles. The lowest BCUT2D eigenvalue weighted by atomic mass is 9.81. The molecule has 1 aliphatic carbocycles. The molecule has 2 aromatic carbocycles. The minimum Gasteiger partial charge on any atom is -0.490 e. The molecule has 1 fully saturated rings. The Morgan fingerprint density at radius 2 is 1.94 bits per heavy atom. The Morgan fingerprint density at radius 1 is 1.18 bits per heavy atom. The van der Waals surface area contributed by atoms with Gasteiger partial charge in [-0.3, -0.25) is 0 Å². The minimum absolute atomic E-state index is 0.0571. The number of anilines is 2. The summed E-state index contributed by atoms with van der Waals surface area (Å²) in [6.07, 6.45) is -1.44. The summed E-state index contributed by atoms with van der Waals surface area (Å²) in [5.41, 5.74) is 6.96. The molecule has 1 saturated carbocycles. The number of hydrogen-bond donors (Lipinski definition) is 2. The number of fused-ring (bicyclic) bond motifs is 2. The fourth-order valence-electron chi connectivity index (χ4n) is 4.64. The Kier molecular flexibility index (Phi) is 5.35. The highest BCUT2D eigenvalue weighted by Gasteiger charge is 2.38. The first-order chi connectivity index (χ1) is 16.0. The summed E-state index contributed by atoms with van der Waals surface area (Å²) in [6, 6.07) is 6.96. The van der Waals surface area contributed by atoms with E-state index in [0.29, 0.717) is 29.3 Å². The highest BCUT2D eigenvalue weighted by atomic mass is 19.4. The van der Waals surface area contributed by atoms with Gasteiger partial charge in [0.1, 0.15) is 30.1 Å². The van der Waals surface area contributed by atoms with Crippen LogP contribution in [0.4, 0.5) is 24.7 Å². The maximum atomic E-state index is 13.3. The van der Waals surface area contributed by atoms with E-state index in [9.17, 15) is 13.2 Å². The van der Waals surface area contributed by atoms with Gasteiger partial charge in [0.2, 0.25) is 0 Å². The van der Waals surface area contributed by atoms with Gasteiger partial charge in [-0.1, -0.05) is 0 Å². The van der Waals surface area contributed by atoms with Crippen molar-refractivity contribution in [3.05, 3.63) is 52.8 Å². The molecular formula is C25H27F3N4O2. The Bertz CT molecular complexity index is 1260. The number of halogens is 3. The summed E-state index contributed by atoms with van der Waals surface area (Å²) in [5, 5.41) is 4.03. The van der Waals surface area contributed by atoms with Gasteiger partial charge in [-0.25, -0.2) is 9.97 Å². The second-order valence-electron chi connectivity index (χ2n) is 9.50. The molecule has 180 valence electrons. The zero-order chi connectivity index (χ0) is 24.3. The Morgan fingerprint density at radius 3 is 2.62 bits per heavy atom. The molecule has 3 N–H and O–H groups in total. The van der Waals surface area contributed by atoms with Crippen LogP contribution >= 0.6 is 0 Å². The first kappa shape index (κ1) is 22.7. The summed E-state index contributed by atoms with van der Waals surface area (Å²) in [7, 11) is 0. The van der Waals surface area contributed by atoms with Gasteiger partial charge in [0.15, 0.2) is 0 Å². The summed E-state index contributed by atoms with van der Waals surface area (Å²) in [5.74, 6) is 1.82. The van der Waals surface area contributed by atoms with Gasteiger partial charge in [-0.2, -0.15) is 13.2 Å². The van der Waals surface area contributed by atoms with Crippen molar-refractivity contribution in [2.75, 3.05) is 17.7 Å². The molecule has 1 aliphatic heterocycles. The van der Waals surface area contributed by atoms with Crippen LogP contribution in [0.5, 0.6) is 5.75 Å². The molecule has 1 aromatic heterocycles. The molecule has 2 heterocycles. The molecule has 0 spiro atoms. The Labute approximate surface area is 195 Å². The predicted molar refractivity (Wildman–Crippen MR) is 124 cm³/mol. The molecular weight excluding hydrogens is 445 g/mol. The maximum absolute atomic E-state index is 13.3. The molecule has 2 atom stereocenters. The van der Waals surface area contributed by atoms with E-state index in [-0.39, 0.29) is 17.4 Å². The molecule has 1 unspecified atom stereocenters. The van der Waals surface area contributed by atoms with E-state index in [2.05, 4.69) is 22.2 Å². The summed E-state index contributed by atoms with van der Waals surface area (Å²) < 4.78 is 52.1. The van der Waals surface area contributed by atoms with Gasteiger partial charge in [0.05, 0.1) is 22.7 Å². The molecule has 0 bridgehead atoms. The fraction of sp³-hybridized carbons (Fsp3) is 0.440. The van der Waals surface area contributed by atoms with Gasteiger partial charge in [0.25, 0.3) is 0 Å². The third-order valence-corrected chi connectivity index (χ3v) is 6.67. The second-order valence-corrected chi connectivity index (χ2v) is 9.50. The van der Waals surface area contributed by atoms with Crippen molar-refractivity contribution in [1.82, 2.24) is 9.97 Å². The standard InChI is InChI=1S/C25H27F3N4O2/c1-13(15-7-16(25(26,27)28)9-17(29)8-15)30-23-18-10-19-21(11-20(18)31-14(2)32-23)33-12-22(19)34-24(3)5-4-6-24/h7-11,13,22H,4-6,12,29H2,1-3H3,(H,30,31,32)/t13-,22?/m1/s1. The summed E-state index contributed by atoms with van der Waals surface area (Å²) in [6.45, 7) is 6.11. The smallest absolute Gasteiger partial charge is 0.416 e. The van der Waals surface area contributed by atoms with E-state index >= 15 is 0 Å². The summed E-state index contributed by atoms with van der Waals surface area (Å²) >= 11 is 0. The van der Waals surface area contributed by atoms with Crippen LogP contribution in [0.25, 0.3) is 10.9 Å². The number of rotatable bonds is 5. The van der Waals surface area contributed by atoms with Gasteiger partial charge >= 0.3 is 6.18 Å². The molecule has 9 heteroatoms. The third kappa shape index (κ3) is 4.24. The van der Waals surface area contributed by atoms with Crippen molar-refractivity contribution in [3.8, 4) is 5.75 Å². The average Bonchev–Trinajstić information content (AvgIpc) is 3.11. The SMILES string of the molecule is Cc1nc(N[C@H](C)c2cc(N)cc(C(F)(F)F)c2)c2cc3c(cc2n1)OCC3OC1(C)CCC1. The van der Waals surface area contributed by atoms with Crippen LogP contribution in [0.15, 0.2) is 30.3 Å². The molecule has 6 nitrogen and oxygen atoms in total. The number of ether oxygens (including phenoxy) is 2. The quantitative estimate of drug-likeness (QED) is 0.437. The maximum Gasteiger partial charge on any atom is 0.416 e. The topological polar surface area (TPSA) is 82.3 Å². The van der Waals surface area contributed by atoms with Gasteiger partial charge < -0.3 is 20.5 Å². The van der Waals surface area contributed by atoms with Crippen molar-refractivity contribution >= 4 is 22.4 Å². The monoisotopic (exact) mass is 472 g/mol. The Balaban J connectivity index is 1.49. The van der Waals surface area contributed by atoms with Crippen LogP contribution in [-0.4, -0.2) is 22.2 Å². The lowest BCUT2D eigenvalue weighted by Crippen LogP contribution is -2.38. The molecule has 2 aliphatic rings. The van der Waals surface area contributed by atoms with E-state index in [1.807, 2.05) is 12.1 Å². The molecule has 5 rings (SSSR count). The first-order valence-corrected chi connectivity index (χ1v) is 11.4. The van der Waals surface area contributed by atoms with E-state index in [1.54, 1.807) is 13.8 Å². The van der Waals surface area contributed by atoms with E-state index < -0.39 is 17.8 Å². The van der Waals surface area contributed by atoms with Crippen molar-refractivity contribution in [2.45, 2.75) is 64.0 Å². The predicted octanol–water partition coefficient (Wildman–Crippen LogP) is 6.11. The first-order valence-electron chi connectivity index (χ1n) is 11.4. The van der Waals surface area contributed by atoms with Gasteiger partial charge in [-0.15, -0.1) is 0 Å². The van der Waals surface area contributed by atoms with Crippen LogP contribution < -0.4 is 15.8 Å². The number of alkyl halides is 3. The van der Waals surface area contributed by atoms with Crippen LogP contribution in [-0.2, 0) is 10.9 Å². The minimum atomic E-state index is -4.48. The fourth-order valence-corrected chi connectivity index (χ4v) is 4.64. The van der Waals surface area contributed by atoms with Crippen LogP contribution in [0.2, 0.25) is 0 Å². The average molecular weight is 473 g/mol. The largest absolute Gasteiger partial charge is 0.490 e. The van der Waals surface area contributed by atoms with Crippen molar-refractivity contribution in [2.24, 2.45) is 0 Å². The molecule has 3 aromatic rings. The van der Waals surface area contributed by atoms with Crippen molar-refractivity contribution in [3.63, 3.8) is 0 Å². The number of nitrogens with zero attached hydrogens (tertiary/aromatic N) is 2. The number of aryl methyl sites for hydroxylation is 1. The second kappa shape index (κ2) is 8.01. The number of hydrogen-bond acceptors (Lipinski definition) is 6. The van der Waals surface area contributed by atoms with Crippen LogP contribution in [0.1, 0.15) is 67.8 Å². The van der Waals surface area contributed by atoms with E-state index in [1.165, 1.54) is 6.07 Å². The Hall–Kier alpha value is -3.07. The zero-order valence-electron chi connectivity index (χ0n) is 19.3. The summed E-state index contributed by atoms with van der Waals surface area (Å²) in [4.78, 5) is 9.10. The van der Waals surface area contributed by atoms with Crippen molar-refractivity contribution in [1.29, 1.82) is 0 Å². The van der Waals surface area contributed by atoms with Crippen LogP contribution in [0, 0.1) is 6.92 Å². The normalized spacial score (nSPS) is 19.9. The van der Waals surface area contributed by atoms with E-state index in [4.69, 9.17) is 15.2 Å². The highest BCUT2D eigenvalue weighted by molar-refractivity contribution is 5.91. The number of nitrogens with one attached hydrogen (secondary N) is 1. The molecule has 0 radical (unpaired) electrons. The number of benzene rings is 2. The number of nitrogen functional groups attached to an aromatic ring is 1. The third-order valence-electron chi connectivity index (χ3n) is 6.67. The number of nitrogens with two attached hydrogens (primary N) is 1.